The highest BCUT2D eigenvalue weighted by molar-refractivity contribution is 5.25. The van der Waals surface area contributed by atoms with Gasteiger partial charge in [0, 0.05) is 12.6 Å². The molecule has 0 radical (unpaired) electrons. The highest BCUT2D eigenvalue weighted by atomic mass is 19.4. The lowest BCUT2D eigenvalue weighted by atomic mass is 10.1. The van der Waals surface area contributed by atoms with E-state index in [1.807, 2.05) is 0 Å². The van der Waals surface area contributed by atoms with Gasteiger partial charge in [0.15, 0.2) is 0 Å². The third-order valence-electron chi connectivity index (χ3n) is 2.37. The Balaban J connectivity index is 1.93. The molecule has 96 valence electrons. The normalized spacial score (nSPS) is 11.7. The molecule has 18 heavy (non-hydrogen) atoms. The number of nitrogens with zero attached hydrogens (tertiary/aromatic N) is 1. The van der Waals surface area contributed by atoms with Gasteiger partial charge in [0.1, 0.15) is 5.76 Å². The summed E-state index contributed by atoms with van der Waals surface area (Å²) in [6.45, 7) is 0.765. The molecule has 0 unspecified atom stereocenters. The summed E-state index contributed by atoms with van der Waals surface area (Å²) < 4.78 is 42.3. The molecule has 0 aliphatic rings. The van der Waals surface area contributed by atoms with Gasteiger partial charge in [0.2, 0.25) is 0 Å². The van der Waals surface area contributed by atoms with E-state index in [4.69, 9.17) is 4.52 Å². The number of nitrogens with one attached hydrogen (secondary N) is 1. The van der Waals surface area contributed by atoms with Crippen molar-refractivity contribution in [1.82, 2.24) is 10.5 Å². The zero-order valence-corrected chi connectivity index (χ0v) is 9.37. The largest absolute Gasteiger partial charge is 0.416 e. The molecule has 1 aromatic carbocycles. The Kier molecular flexibility index (Phi) is 3.66. The molecule has 0 bridgehead atoms. The van der Waals surface area contributed by atoms with E-state index in [0.717, 1.165) is 12.1 Å². The monoisotopic (exact) mass is 256 g/mol. The molecule has 0 spiro atoms. The first kappa shape index (κ1) is 12.6. The lowest BCUT2D eigenvalue weighted by Crippen LogP contribution is -2.13. The van der Waals surface area contributed by atoms with Crippen LogP contribution in [0.1, 0.15) is 16.9 Å². The van der Waals surface area contributed by atoms with Crippen LogP contribution < -0.4 is 5.32 Å². The Morgan fingerprint density at radius 3 is 2.67 bits per heavy atom. The van der Waals surface area contributed by atoms with Gasteiger partial charge in [0.25, 0.3) is 0 Å². The molecular formula is C12H11F3N2O. The zero-order chi connectivity index (χ0) is 13.0. The highest BCUT2D eigenvalue weighted by Crippen LogP contribution is 2.29. The summed E-state index contributed by atoms with van der Waals surface area (Å²) in [5.74, 6) is 0.641. The van der Waals surface area contributed by atoms with Crippen molar-refractivity contribution in [3.63, 3.8) is 0 Å². The third kappa shape index (κ3) is 3.33. The quantitative estimate of drug-likeness (QED) is 0.913. The smallest absolute Gasteiger partial charge is 0.360 e. The van der Waals surface area contributed by atoms with E-state index in [2.05, 4.69) is 10.5 Å². The highest BCUT2D eigenvalue weighted by Gasteiger charge is 2.30. The van der Waals surface area contributed by atoms with Gasteiger partial charge in [0.05, 0.1) is 18.3 Å². The van der Waals surface area contributed by atoms with E-state index >= 15 is 0 Å². The van der Waals surface area contributed by atoms with Crippen LogP contribution in [0, 0.1) is 0 Å². The van der Waals surface area contributed by atoms with Gasteiger partial charge in [-0.1, -0.05) is 23.4 Å². The van der Waals surface area contributed by atoms with Crippen LogP contribution in [0.25, 0.3) is 0 Å². The van der Waals surface area contributed by atoms with Crippen molar-refractivity contribution in [3.8, 4) is 0 Å². The molecule has 1 aromatic heterocycles. The van der Waals surface area contributed by atoms with E-state index in [1.54, 1.807) is 12.1 Å². The molecule has 0 fully saturated rings. The topological polar surface area (TPSA) is 38.1 Å². The number of rotatable bonds is 4. The van der Waals surface area contributed by atoms with Crippen LogP contribution in [-0.4, -0.2) is 5.16 Å². The first-order valence-corrected chi connectivity index (χ1v) is 5.32. The van der Waals surface area contributed by atoms with Gasteiger partial charge < -0.3 is 9.84 Å². The predicted molar refractivity (Wildman–Crippen MR) is 58.5 cm³/mol. The Hall–Kier alpha value is -1.82. The van der Waals surface area contributed by atoms with E-state index in [-0.39, 0.29) is 0 Å². The minimum absolute atomic E-state index is 0.338. The Labute approximate surface area is 102 Å². The second kappa shape index (κ2) is 5.22. The van der Waals surface area contributed by atoms with E-state index in [0.29, 0.717) is 24.4 Å². The van der Waals surface area contributed by atoms with Crippen LogP contribution in [0.2, 0.25) is 0 Å². The zero-order valence-electron chi connectivity index (χ0n) is 9.37. The molecular weight excluding hydrogens is 245 g/mol. The van der Waals surface area contributed by atoms with Crippen LogP contribution >= 0.6 is 0 Å². The van der Waals surface area contributed by atoms with E-state index in [1.165, 1.54) is 12.3 Å². The fraction of sp³-hybridized carbons (Fsp3) is 0.250. The number of benzene rings is 1. The lowest BCUT2D eigenvalue weighted by Gasteiger charge is -2.08. The van der Waals surface area contributed by atoms with Crippen LogP contribution in [0.4, 0.5) is 13.2 Å². The standard InChI is InChI=1S/C12H11F3N2O/c13-12(14,15)10-3-1-2-9(6-10)7-16-8-11-4-5-17-18-11/h1-6,16H,7-8H2. The van der Waals surface area contributed by atoms with E-state index in [9.17, 15) is 13.2 Å². The molecule has 3 nitrogen and oxygen atoms in total. The number of aromatic nitrogens is 1. The molecule has 2 rings (SSSR count). The maximum Gasteiger partial charge on any atom is 0.416 e. The summed E-state index contributed by atoms with van der Waals surface area (Å²) in [4.78, 5) is 0. The fourth-order valence-corrected chi connectivity index (χ4v) is 1.52. The van der Waals surface area contributed by atoms with Crippen molar-refractivity contribution in [2.45, 2.75) is 19.3 Å². The molecule has 0 aliphatic carbocycles. The predicted octanol–water partition coefficient (Wildman–Crippen LogP) is 2.98. The summed E-state index contributed by atoms with van der Waals surface area (Å²) >= 11 is 0. The van der Waals surface area contributed by atoms with Crippen molar-refractivity contribution >= 4 is 0 Å². The molecule has 0 saturated carbocycles. The van der Waals surface area contributed by atoms with Gasteiger partial charge in [-0.3, -0.25) is 0 Å². The molecule has 6 heteroatoms. The number of alkyl halides is 3. The second-order valence-corrected chi connectivity index (χ2v) is 3.78. The van der Waals surface area contributed by atoms with Gasteiger partial charge in [-0.05, 0) is 11.6 Å². The van der Waals surface area contributed by atoms with Crippen molar-refractivity contribution < 1.29 is 17.7 Å². The number of hydrogen-bond acceptors (Lipinski definition) is 3. The summed E-state index contributed by atoms with van der Waals surface area (Å²) in [5.41, 5.74) is -0.0641. The number of halogens is 3. The molecule has 0 aliphatic heterocycles. The Bertz CT molecular complexity index is 494. The maximum atomic E-state index is 12.5. The average molecular weight is 256 g/mol. The Morgan fingerprint density at radius 2 is 2.00 bits per heavy atom. The molecule has 1 N–H and O–H groups in total. The maximum absolute atomic E-state index is 12.5. The minimum atomic E-state index is -4.30. The van der Waals surface area contributed by atoms with Gasteiger partial charge in [-0.15, -0.1) is 0 Å². The molecule has 0 amide bonds. The van der Waals surface area contributed by atoms with Gasteiger partial charge in [-0.2, -0.15) is 13.2 Å². The van der Waals surface area contributed by atoms with E-state index < -0.39 is 11.7 Å². The lowest BCUT2D eigenvalue weighted by molar-refractivity contribution is -0.137. The second-order valence-electron chi connectivity index (χ2n) is 3.78. The minimum Gasteiger partial charge on any atom is -0.360 e. The Morgan fingerprint density at radius 1 is 1.17 bits per heavy atom. The van der Waals surface area contributed by atoms with Crippen molar-refractivity contribution in [3.05, 3.63) is 53.4 Å². The third-order valence-corrected chi connectivity index (χ3v) is 2.37. The van der Waals surface area contributed by atoms with Crippen LogP contribution in [0.5, 0.6) is 0 Å². The first-order chi connectivity index (χ1) is 8.55. The summed E-state index contributed by atoms with van der Waals surface area (Å²) in [6, 6.07) is 6.92. The summed E-state index contributed by atoms with van der Waals surface area (Å²) in [6.07, 6.45) is -2.79. The van der Waals surface area contributed by atoms with Crippen LogP contribution in [-0.2, 0) is 19.3 Å². The molecule has 0 saturated heterocycles. The first-order valence-electron chi connectivity index (χ1n) is 5.32. The SMILES string of the molecule is FC(F)(F)c1cccc(CNCc2ccno2)c1. The average Bonchev–Trinajstić information content (AvgIpc) is 2.81. The van der Waals surface area contributed by atoms with Gasteiger partial charge in [-0.25, -0.2) is 0 Å². The summed E-state index contributed by atoms with van der Waals surface area (Å²) in [5, 5.41) is 6.51. The fourth-order valence-electron chi connectivity index (χ4n) is 1.52. The van der Waals surface area contributed by atoms with Crippen LogP contribution in [0.3, 0.4) is 0 Å². The van der Waals surface area contributed by atoms with Crippen molar-refractivity contribution in [2.75, 3.05) is 0 Å². The van der Waals surface area contributed by atoms with Gasteiger partial charge >= 0.3 is 6.18 Å². The summed E-state index contributed by atoms with van der Waals surface area (Å²) in [7, 11) is 0. The molecule has 2 aromatic rings. The van der Waals surface area contributed by atoms with Crippen molar-refractivity contribution in [1.29, 1.82) is 0 Å². The molecule has 0 atom stereocenters. The number of hydrogen-bond donors (Lipinski definition) is 1. The van der Waals surface area contributed by atoms with Crippen LogP contribution in [0.15, 0.2) is 41.1 Å². The molecule has 1 heterocycles. The van der Waals surface area contributed by atoms with Crippen molar-refractivity contribution in [2.24, 2.45) is 0 Å².